The number of hydrogen-bond acceptors (Lipinski definition) is 3. The molecule has 0 aliphatic rings. The molecule has 0 fully saturated rings. The van der Waals surface area contributed by atoms with Gasteiger partial charge >= 0.3 is 0 Å². The number of nitrogens with zero attached hydrogens (tertiary/aromatic N) is 2. The summed E-state index contributed by atoms with van der Waals surface area (Å²) in [7, 11) is 1.79. The first kappa shape index (κ1) is 10.7. The standard InChI is InChI=1S/C9H16N4O/c1-4-7-5-8(13(3)12-7)11-9(14)6(2)10/h5-6H,4,10H2,1-3H3,(H,11,14)/t6-/m0/s1. The Labute approximate surface area is 83.3 Å². The van der Waals surface area contributed by atoms with E-state index in [1.54, 1.807) is 18.7 Å². The van der Waals surface area contributed by atoms with E-state index in [1.165, 1.54) is 0 Å². The normalized spacial score (nSPS) is 12.6. The lowest BCUT2D eigenvalue weighted by molar-refractivity contribution is -0.117. The summed E-state index contributed by atoms with van der Waals surface area (Å²) in [6.45, 7) is 3.66. The molecule has 0 bridgehead atoms. The van der Waals surface area contributed by atoms with Gasteiger partial charge in [-0.15, -0.1) is 0 Å². The average Bonchev–Trinajstić information content (AvgIpc) is 2.47. The molecule has 1 aromatic rings. The molecular formula is C9H16N4O. The van der Waals surface area contributed by atoms with Gasteiger partial charge in [-0.05, 0) is 13.3 Å². The Morgan fingerprint density at radius 3 is 2.86 bits per heavy atom. The number of aryl methyl sites for hydroxylation is 2. The number of anilines is 1. The van der Waals surface area contributed by atoms with Gasteiger partial charge in [-0.2, -0.15) is 5.10 Å². The first-order valence-electron chi connectivity index (χ1n) is 4.64. The number of nitrogens with one attached hydrogen (secondary N) is 1. The number of amides is 1. The van der Waals surface area contributed by atoms with Gasteiger partial charge < -0.3 is 11.1 Å². The van der Waals surface area contributed by atoms with Crippen molar-refractivity contribution in [3.05, 3.63) is 11.8 Å². The highest BCUT2D eigenvalue weighted by atomic mass is 16.2. The molecule has 0 spiro atoms. The zero-order valence-electron chi connectivity index (χ0n) is 8.74. The fourth-order valence-electron chi connectivity index (χ4n) is 1.06. The molecule has 1 rings (SSSR count). The molecule has 0 aliphatic carbocycles. The van der Waals surface area contributed by atoms with Crippen molar-refractivity contribution in [2.24, 2.45) is 12.8 Å². The van der Waals surface area contributed by atoms with Crippen LogP contribution >= 0.6 is 0 Å². The Bertz CT molecular complexity index is 330. The third-order valence-corrected chi connectivity index (χ3v) is 1.96. The Morgan fingerprint density at radius 2 is 2.43 bits per heavy atom. The predicted molar refractivity (Wildman–Crippen MR) is 54.9 cm³/mol. The molecule has 5 heteroatoms. The summed E-state index contributed by atoms with van der Waals surface area (Å²) in [5.74, 6) is 0.486. The molecule has 3 N–H and O–H groups in total. The topological polar surface area (TPSA) is 72.9 Å². The van der Waals surface area contributed by atoms with Crippen LogP contribution in [-0.2, 0) is 18.3 Å². The summed E-state index contributed by atoms with van der Waals surface area (Å²) in [6.07, 6.45) is 0.849. The van der Waals surface area contributed by atoms with Gasteiger partial charge in [0.05, 0.1) is 11.7 Å². The summed E-state index contributed by atoms with van der Waals surface area (Å²) in [5.41, 5.74) is 6.38. The van der Waals surface area contributed by atoms with Crippen LogP contribution in [0, 0.1) is 0 Å². The minimum Gasteiger partial charge on any atom is -0.320 e. The van der Waals surface area contributed by atoms with Crippen LogP contribution in [0.2, 0.25) is 0 Å². The molecule has 0 radical (unpaired) electrons. The van der Waals surface area contributed by atoms with E-state index in [9.17, 15) is 4.79 Å². The quantitative estimate of drug-likeness (QED) is 0.728. The summed E-state index contributed by atoms with van der Waals surface area (Å²) in [4.78, 5) is 11.3. The van der Waals surface area contributed by atoms with Gasteiger partial charge in [-0.3, -0.25) is 9.48 Å². The molecule has 1 heterocycles. The fraction of sp³-hybridized carbons (Fsp3) is 0.556. The maximum Gasteiger partial charge on any atom is 0.242 e. The van der Waals surface area contributed by atoms with Crippen LogP contribution in [0.15, 0.2) is 6.07 Å². The van der Waals surface area contributed by atoms with Gasteiger partial charge in [0.25, 0.3) is 0 Å². The number of carbonyl (C=O) groups excluding carboxylic acids is 1. The van der Waals surface area contributed by atoms with Gasteiger partial charge in [-0.25, -0.2) is 0 Å². The molecule has 0 saturated heterocycles. The molecule has 1 aromatic heterocycles. The van der Waals surface area contributed by atoms with Crippen molar-refractivity contribution in [2.45, 2.75) is 26.3 Å². The van der Waals surface area contributed by atoms with Gasteiger partial charge in [-0.1, -0.05) is 6.92 Å². The Hall–Kier alpha value is -1.36. The number of rotatable bonds is 3. The third kappa shape index (κ3) is 2.32. The fourth-order valence-corrected chi connectivity index (χ4v) is 1.06. The van der Waals surface area contributed by atoms with E-state index >= 15 is 0 Å². The van der Waals surface area contributed by atoms with Gasteiger partial charge in [0.1, 0.15) is 5.82 Å². The SMILES string of the molecule is CCc1cc(NC(=O)[C@H](C)N)n(C)n1. The molecule has 0 aliphatic heterocycles. The van der Waals surface area contributed by atoms with Crippen molar-refractivity contribution in [1.82, 2.24) is 9.78 Å². The second-order valence-electron chi connectivity index (χ2n) is 3.28. The first-order chi connectivity index (χ1) is 6.54. The van der Waals surface area contributed by atoms with Crippen LogP contribution in [0.4, 0.5) is 5.82 Å². The number of hydrogen-bond donors (Lipinski definition) is 2. The van der Waals surface area contributed by atoms with E-state index < -0.39 is 6.04 Å². The lowest BCUT2D eigenvalue weighted by Gasteiger charge is -2.06. The Morgan fingerprint density at radius 1 is 1.79 bits per heavy atom. The second kappa shape index (κ2) is 4.23. The maximum atomic E-state index is 11.3. The second-order valence-corrected chi connectivity index (χ2v) is 3.28. The van der Waals surface area contributed by atoms with Crippen LogP contribution in [-0.4, -0.2) is 21.7 Å². The molecule has 14 heavy (non-hydrogen) atoms. The molecule has 0 saturated carbocycles. The summed E-state index contributed by atoms with van der Waals surface area (Å²) >= 11 is 0. The third-order valence-electron chi connectivity index (χ3n) is 1.96. The smallest absolute Gasteiger partial charge is 0.242 e. The molecule has 78 valence electrons. The minimum atomic E-state index is -0.505. The van der Waals surface area contributed by atoms with Gasteiger partial charge in [0.15, 0.2) is 0 Å². The Balaban J connectivity index is 2.76. The molecular weight excluding hydrogens is 180 g/mol. The van der Waals surface area contributed by atoms with Crippen molar-refractivity contribution in [3.63, 3.8) is 0 Å². The van der Waals surface area contributed by atoms with E-state index in [2.05, 4.69) is 10.4 Å². The molecule has 0 aromatic carbocycles. The summed E-state index contributed by atoms with van der Waals surface area (Å²) in [6, 6.07) is 1.34. The average molecular weight is 196 g/mol. The molecule has 0 unspecified atom stereocenters. The van der Waals surface area contributed by atoms with Crippen molar-refractivity contribution in [2.75, 3.05) is 5.32 Å². The highest BCUT2D eigenvalue weighted by molar-refractivity contribution is 5.93. The highest BCUT2D eigenvalue weighted by Gasteiger charge is 2.10. The van der Waals surface area contributed by atoms with Crippen LogP contribution in [0.5, 0.6) is 0 Å². The summed E-state index contributed by atoms with van der Waals surface area (Å²) in [5, 5.41) is 6.90. The van der Waals surface area contributed by atoms with Gasteiger partial charge in [0.2, 0.25) is 5.91 Å². The van der Waals surface area contributed by atoms with Crippen LogP contribution in [0.1, 0.15) is 19.5 Å². The monoisotopic (exact) mass is 196 g/mol. The van der Waals surface area contributed by atoms with E-state index in [1.807, 2.05) is 13.0 Å². The number of aromatic nitrogens is 2. The lowest BCUT2D eigenvalue weighted by atomic mass is 10.3. The zero-order valence-corrected chi connectivity index (χ0v) is 8.74. The predicted octanol–water partition coefficient (Wildman–Crippen LogP) is 0.268. The van der Waals surface area contributed by atoms with Crippen molar-refractivity contribution < 1.29 is 4.79 Å². The molecule has 1 atom stereocenters. The van der Waals surface area contributed by atoms with Crippen LogP contribution in [0.3, 0.4) is 0 Å². The molecule has 5 nitrogen and oxygen atoms in total. The highest BCUT2D eigenvalue weighted by Crippen LogP contribution is 2.09. The van der Waals surface area contributed by atoms with Crippen molar-refractivity contribution >= 4 is 11.7 Å². The number of nitrogens with two attached hydrogens (primary N) is 1. The van der Waals surface area contributed by atoms with Crippen molar-refractivity contribution in [3.8, 4) is 0 Å². The minimum absolute atomic E-state index is 0.198. The van der Waals surface area contributed by atoms with Crippen LogP contribution < -0.4 is 11.1 Å². The van der Waals surface area contributed by atoms with Crippen molar-refractivity contribution in [1.29, 1.82) is 0 Å². The van der Waals surface area contributed by atoms with E-state index in [0.717, 1.165) is 12.1 Å². The largest absolute Gasteiger partial charge is 0.320 e. The first-order valence-corrected chi connectivity index (χ1v) is 4.64. The van der Waals surface area contributed by atoms with Gasteiger partial charge in [0, 0.05) is 13.1 Å². The van der Waals surface area contributed by atoms with E-state index in [-0.39, 0.29) is 5.91 Å². The van der Waals surface area contributed by atoms with E-state index in [0.29, 0.717) is 5.82 Å². The zero-order chi connectivity index (χ0) is 10.7. The summed E-state index contributed by atoms with van der Waals surface area (Å²) < 4.78 is 1.64. The Kier molecular flexibility index (Phi) is 3.24. The lowest BCUT2D eigenvalue weighted by Crippen LogP contribution is -2.33. The number of carbonyl (C=O) groups is 1. The molecule has 1 amide bonds. The van der Waals surface area contributed by atoms with Crippen LogP contribution in [0.25, 0.3) is 0 Å². The van der Waals surface area contributed by atoms with E-state index in [4.69, 9.17) is 5.73 Å². The maximum absolute atomic E-state index is 11.3.